The van der Waals surface area contributed by atoms with Gasteiger partial charge in [-0.1, -0.05) is 34.1 Å². The standard InChI is InChI=1S/C33H57FO8/c1-9-22-25-15-21(40-17-36-5)12-13-32(25,3)26-16-28(41-18-37-6)33(4)23(20(2)14-27(34)31(35)39-8)10-11-24(33)29(26)30(22)42-19-38-7/h20-30H,9-19H2,1-8H3/t20-,21-,22-,23-,24?,25+,26?,27-,28+,29?,30-,32+,33-/m1/s1. The van der Waals surface area contributed by atoms with Gasteiger partial charge in [0.05, 0.1) is 25.4 Å². The maximum atomic E-state index is 14.9. The van der Waals surface area contributed by atoms with Gasteiger partial charge in [-0.15, -0.1) is 0 Å². The van der Waals surface area contributed by atoms with Gasteiger partial charge in [-0.2, -0.15) is 0 Å². The van der Waals surface area contributed by atoms with Crippen LogP contribution in [0.5, 0.6) is 0 Å². The summed E-state index contributed by atoms with van der Waals surface area (Å²) in [6.07, 6.45) is 5.86. The Kier molecular flexibility index (Phi) is 11.8. The zero-order valence-corrected chi connectivity index (χ0v) is 27.3. The van der Waals surface area contributed by atoms with Crippen molar-refractivity contribution in [2.45, 2.75) is 104 Å². The average Bonchev–Trinajstić information content (AvgIpc) is 3.35. The van der Waals surface area contributed by atoms with Crippen LogP contribution in [-0.4, -0.2) is 79.3 Å². The molecule has 4 aliphatic carbocycles. The van der Waals surface area contributed by atoms with E-state index < -0.39 is 12.1 Å². The zero-order valence-electron chi connectivity index (χ0n) is 27.3. The maximum Gasteiger partial charge on any atom is 0.340 e. The van der Waals surface area contributed by atoms with Gasteiger partial charge in [0.2, 0.25) is 0 Å². The highest BCUT2D eigenvalue weighted by molar-refractivity contribution is 5.74. The molecule has 0 saturated heterocycles. The number of hydrogen-bond acceptors (Lipinski definition) is 8. The van der Waals surface area contributed by atoms with Crippen LogP contribution in [-0.2, 0) is 38.0 Å². The molecule has 4 saturated carbocycles. The second-order valence-corrected chi connectivity index (χ2v) is 14.0. The molecule has 4 aliphatic rings. The van der Waals surface area contributed by atoms with Crippen LogP contribution >= 0.6 is 0 Å². The molecule has 8 nitrogen and oxygen atoms in total. The summed E-state index contributed by atoms with van der Waals surface area (Å²) in [6, 6.07) is 0. The molecule has 0 radical (unpaired) electrons. The molecule has 0 amide bonds. The molecule has 13 atom stereocenters. The van der Waals surface area contributed by atoms with Crippen LogP contribution < -0.4 is 0 Å². The predicted molar refractivity (Wildman–Crippen MR) is 156 cm³/mol. The summed E-state index contributed by atoms with van der Waals surface area (Å²) in [5, 5.41) is 0. The Balaban J connectivity index is 1.72. The van der Waals surface area contributed by atoms with E-state index in [9.17, 15) is 9.18 Å². The van der Waals surface area contributed by atoms with Crippen LogP contribution in [0.1, 0.15) is 79.1 Å². The molecule has 42 heavy (non-hydrogen) atoms. The summed E-state index contributed by atoms with van der Waals surface area (Å²) in [7, 11) is 6.30. The van der Waals surface area contributed by atoms with E-state index in [1.807, 2.05) is 0 Å². The smallest absolute Gasteiger partial charge is 0.340 e. The highest BCUT2D eigenvalue weighted by Gasteiger charge is 2.68. The van der Waals surface area contributed by atoms with E-state index in [4.69, 9.17) is 33.2 Å². The van der Waals surface area contributed by atoms with Crippen LogP contribution in [0.4, 0.5) is 4.39 Å². The fraction of sp³-hybridized carbons (Fsp3) is 0.970. The molecule has 4 rings (SSSR count). The fourth-order valence-electron chi connectivity index (χ4n) is 10.6. The molecule has 0 N–H and O–H groups in total. The van der Waals surface area contributed by atoms with Crippen molar-refractivity contribution in [1.29, 1.82) is 0 Å². The third kappa shape index (κ3) is 6.17. The zero-order chi connectivity index (χ0) is 30.7. The van der Waals surface area contributed by atoms with Crippen molar-refractivity contribution < 1.29 is 42.3 Å². The summed E-state index contributed by atoms with van der Waals surface area (Å²) in [5.41, 5.74) is -0.0796. The lowest BCUT2D eigenvalue weighted by Crippen LogP contribution is -2.66. The summed E-state index contributed by atoms with van der Waals surface area (Å²) in [6.45, 7) is 10.1. The number of fused-ring (bicyclic) bond motifs is 5. The minimum Gasteiger partial charge on any atom is -0.467 e. The molecular formula is C33H57FO8. The largest absolute Gasteiger partial charge is 0.467 e. The van der Waals surface area contributed by atoms with Gasteiger partial charge in [-0.25, -0.2) is 9.18 Å². The molecular weight excluding hydrogens is 543 g/mol. The molecule has 4 fully saturated rings. The maximum absolute atomic E-state index is 14.9. The van der Waals surface area contributed by atoms with Crippen molar-refractivity contribution in [2.24, 2.45) is 52.3 Å². The van der Waals surface area contributed by atoms with Crippen LogP contribution in [0.15, 0.2) is 0 Å². The molecule has 0 aromatic carbocycles. The van der Waals surface area contributed by atoms with Crippen molar-refractivity contribution in [3.8, 4) is 0 Å². The van der Waals surface area contributed by atoms with E-state index in [0.29, 0.717) is 36.4 Å². The van der Waals surface area contributed by atoms with E-state index in [1.165, 1.54) is 7.11 Å². The van der Waals surface area contributed by atoms with E-state index in [1.54, 1.807) is 21.3 Å². The third-order valence-electron chi connectivity index (χ3n) is 12.4. The fourth-order valence-corrected chi connectivity index (χ4v) is 10.6. The quantitative estimate of drug-likeness (QED) is 0.177. The molecule has 0 heterocycles. The van der Waals surface area contributed by atoms with Gasteiger partial charge in [-0.05, 0) is 91.8 Å². The molecule has 244 valence electrons. The minimum absolute atomic E-state index is 0.0000849. The van der Waals surface area contributed by atoms with Gasteiger partial charge >= 0.3 is 5.97 Å². The van der Waals surface area contributed by atoms with Gasteiger partial charge in [0.25, 0.3) is 0 Å². The summed E-state index contributed by atoms with van der Waals surface area (Å²) < 4.78 is 55.3. The third-order valence-corrected chi connectivity index (χ3v) is 12.4. The van der Waals surface area contributed by atoms with Crippen molar-refractivity contribution in [3.05, 3.63) is 0 Å². The second kappa shape index (κ2) is 14.5. The number of rotatable bonds is 14. The monoisotopic (exact) mass is 600 g/mol. The van der Waals surface area contributed by atoms with Gasteiger partial charge in [0.15, 0.2) is 6.17 Å². The van der Waals surface area contributed by atoms with E-state index >= 15 is 0 Å². The number of ether oxygens (including phenoxy) is 7. The van der Waals surface area contributed by atoms with Gasteiger partial charge in [0.1, 0.15) is 20.4 Å². The molecule has 0 spiro atoms. The second-order valence-electron chi connectivity index (χ2n) is 14.0. The predicted octanol–water partition coefficient (Wildman–Crippen LogP) is 6.01. The van der Waals surface area contributed by atoms with E-state index in [0.717, 1.165) is 44.9 Å². The Hall–Kier alpha value is -0.840. The first kappa shape index (κ1) is 34.0. The Morgan fingerprint density at radius 1 is 0.881 bits per heavy atom. The van der Waals surface area contributed by atoms with Crippen molar-refractivity contribution in [3.63, 3.8) is 0 Å². The molecule has 0 aliphatic heterocycles. The van der Waals surface area contributed by atoms with E-state index in [2.05, 4.69) is 27.7 Å². The summed E-state index contributed by atoms with van der Waals surface area (Å²) >= 11 is 0. The summed E-state index contributed by atoms with van der Waals surface area (Å²) in [4.78, 5) is 12.0. The Morgan fingerprint density at radius 2 is 1.55 bits per heavy atom. The summed E-state index contributed by atoms with van der Waals surface area (Å²) in [5.74, 6) is 1.36. The first-order valence-electron chi connectivity index (χ1n) is 16.2. The van der Waals surface area contributed by atoms with Crippen LogP contribution in [0.25, 0.3) is 0 Å². The lowest BCUT2D eigenvalue weighted by atomic mass is 9.40. The molecule has 9 heteroatoms. The number of alkyl halides is 1. The Labute approximate surface area is 253 Å². The lowest BCUT2D eigenvalue weighted by Gasteiger charge is -2.66. The Bertz CT molecular complexity index is 875. The SMILES string of the molecule is CC[C@H]1[C@@H](OCOC)C2C3CC[C@H]([C@H](C)C[C@@H](F)C(=O)OC)[C@@]3(C)[C@@H](OCOC)CC2[C@@]2(C)CC[C@@H](OCOC)C[C@@H]12. The van der Waals surface area contributed by atoms with Gasteiger partial charge in [0, 0.05) is 26.7 Å². The van der Waals surface area contributed by atoms with Crippen LogP contribution in [0.2, 0.25) is 0 Å². The highest BCUT2D eigenvalue weighted by Crippen LogP contribution is 2.70. The number of methoxy groups -OCH3 is 4. The number of hydrogen-bond donors (Lipinski definition) is 0. The topological polar surface area (TPSA) is 81.7 Å². The van der Waals surface area contributed by atoms with Crippen LogP contribution in [0.3, 0.4) is 0 Å². The molecule has 0 aromatic rings. The molecule has 3 unspecified atom stereocenters. The van der Waals surface area contributed by atoms with Crippen LogP contribution in [0, 0.1) is 52.3 Å². The van der Waals surface area contributed by atoms with Gasteiger partial charge < -0.3 is 33.2 Å². The number of esters is 1. The number of carbonyl (C=O) groups excluding carboxylic acids is 1. The minimum atomic E-state index is -1.62. The van der Waals surface area contributed by atoms with Crippen molar-refractivity contribution >= 4 is 5.97 Å². The highest BCUT2D eigenvalue weighted by atomic mass is 19.1. The molecule has 0 bridgehead atoms. The average molecular weight is 601 g/mol. The van der Waals surface area contributed by atoms with Gasteiger partial charge in [-0.3, -0.25) is 0 Å². The lowest BCUT2D eigenvalue weighted by molar-refractivity contribution is -0.267. The molecule has 0 aromatic heterocycles. The van der Waals surface area contributed by atoms with Crippen molar-refractivity contribution in [2.75, 3.05) is 48.8 Å². The normalized spacial score (nSPS) is 42.7. The number of halogens is 1. The first-order valence-corrected chi connectivity index (χ1v) is 16.2. The van der Waals surface area contributed by atoms with Crippen molar-refractivity contribution in [1.82, 2.24) is 0 Å². The number of carbonyl (C=O) groups is 1. The van der Waals surface area contributed by atoms with E-state index in [-0.39, 0.29) is 61.0 Å². The Morgan fingerprint density at radius 3 is 2.19 bits per heavy atom. The first-order chi connectivity index (χ1) is 20.1.